The Hall–Kier alpha value is -3.85. The van der Waals surface area contributed by atoms with Crippen LogP contribution >= 0.6 is 0 Å². The van der Waals surface area contributed by atoms with Crippen molar-refractivity contribution in [2.75, 3.05) is 18.0 Å². The minimum absolute atomic E-state index is 0.0807. The van der Waals surface area contributed by atoms with E-state index in [4.69, 9.17) is 4.74 Å². The largest absolute Gasteiger partial charge is 0.497 e. The zero-order valence-electron chi connectivity index (χ0n) is 26.5. The zero-order valence-corrected chi connectivity index (χ0v) is 27.3. The van der Waals surface area contributed by atoms with Gasteiger partial charge in [-0.2, -0.15) is 0 Å². The lowest BCUT2D eigenvalue weighted by atomic mass is 9.95. The number of ether oxygens (including phenoxy) is 1. The number of aryl methyl sites for hydroxylation is 3. The summed E-state index contributed by atoms with van der Waals surface area (Å²) in [6.45, 7) is 7.32. The average molecular weight is 620 g/mol. The second-order valence-electron chi connectivity index (χ2n) is 11.7. The second kappa shape index (κ2) is 14.8. The molecule has 3 aromatic rings. The van der Waals surface area contributed by atoms with Gasteiger partial charge in [0, 0.05) is 12.6 Å². The van der Waals surface area contributed by atoms with Crippen molar-refractivity contribution >= 4 is 27.5 Å². The Morgan fingerprint density at radius 3 is 2.16 bits per heavy atom. The van der Waals surface area contributed by atoms with Crippen LogP contribution in [0.2, 0.25) is 0 Å². The van der Waals surface area contributed by atoms with Crippen LogP contribution in [0.15, 0.2) is 71.6 Å². The molecule has 44 heavy (non-hydrogen) atoms. The molecule has 2 amide bonds. The van der Waals surface area contributed by atoms with Crippen LogP contribution in [-0.4, -0.2) is 50.9 Å². The lowest BCUT2D eigenvalue weighted by Crippen LogP contribution is -2.54. The van der Waals surface area contributed by atoms with Gasteiger partial charge < -0.3 is 15.0 Å². The third kappa shape index (κ3) is 8.00. The summed E-state index contributed by atoms with van der Waals surface area (Å²) >= 11 is 0. The van der Waals surface area contributed by atoms with Crippen molar-refractivity contribution in [1.82, 2.24) is 10.2 Å². The molecular formula is C35H45N3O5S. The van der Waals surface area contributed by atoms with Crippen molar-refractivity contribution in [3.05, 3.63) is 89.0 Å². The Labute approximate surface area is 262 Å². The monoisotopic (exact) mass is 619 g/mol. The van der Waals surface area contributed by atoms with Gasteiger partial charge in [-0.25, -0.2) is 8.42 Å². The molecule has 1 N–H and O–H groups in total. The molecule has 4 rings (SSSR count). The van der Waals surface area contributed by atoms with Gasteiger partial charge >= 0.3 is 0 Å². The Morgan fingerprint density at radius 1 is 0.909 bits per heavy atom. The standard InChI is InChI=1S/C35H45N3O5S/c1-6-33(35(40)36-29-10-8-7-9-11-29)37(23-28-15-18-31(43-5)19-16-28)34(39)24-38(30-17-14-26(3)27(4)22-30)44(41,42)32-20-12-25(2)13-21-32/h12-22,29,33H,6-11,23-24H2,1-5H3,(H,36,40). The number of carbonyl (C=O) groups excluding carboxylic acids is 2. The van der Waals surface area contributed by atoms with Crippen molar-refractivity contribution < 1.29 is 22.7 Å². The van der Waals surface area contributed by atoms with E-state index in [1.54, 1.807) is 43.5 Å². The van der Waals surface area contributed by atoms with Crippen LogP contribution < -0.4 is 14.4 Å². The first-order chi connectivity index (χ1) is 21.0. The van der Waals surface area contributed by atoms with Crippen molar-refractivity contribution in [3.8, 4) is 5.75 Å². The number of hydrogen-bond acceptors (Lipinski definition) is 5. The molecular weight excluding hydrogens is 574 g/mol. The Morgan fingerprint density at radius 2 is 1.57 bits per heavy atom. The molecule has 1 atom stereocenters. The predicted molar refractivity (Wildman–Crippen MR) is 174 cm³/mol. The van der Waals surface area contributed by atoms with E-state index in [0.717, 1.165) is 54.4 Å². The normalized spacial score (nSPS) is 14.5. The van der Waals surface area contributed by atoms with Crippen LogP contribution in [0.3, 0.4) is 0 Å². The number of benzene rings is 3. The van der Waals surface area contributed by atoms with Gasteiger partial charge in [0.2, 0.25) is 11.8 Å². The maximum absolute atomic E-state index is 14.4. The number of hydrogen-bond donors (Lipinski definition) is 1. The maximum Gasteiger partial charge on any atom is 0.264 e. The fraction of sp³-hybridized carbons (Fsp3) is 0.429. The van der Waals surface area contributed by atoms with Gasteiger partial charge in [-0.05, 0) is 93.1 Å². The predicted octanol–water partition coefficient (Wildman–Crippen LogP) is 6.07. The third-order valence-electron chi connectivity index (χ3n) is 8.52. The van der Waals surface area contributed by atoms with Gasteiger partial charge in [0.15, 0.2) is 0 Å². The summed E-state index contributed by atoms with van der Waals surface area (Å²) < 4.78 is 34.7. The molecule has 8 nitrogen and oxygen atoms in total. The summed E-state index contributed by atoms with van der Waals surface area (Å²) in [5, 5.41) is 3.18. The fourth-order valence-electron chi connectivity index (χ4n) is 5.64. The van der Waals surface area contributed by atoms with E-state index >= 15 is 0 Å². The van der Waals surface area contributed by atoms with E-state index in [9.17, 15) is 18.0 Å². The summed E-state index contributed by atoms with van der Waals surface area (Å²) in [7, 11) is -2.53. The van der Waals surface area contributed by atoms with Crippen molar-refractivity contribution in [1.29, 1.82) is 0 Å². The summed E-state index contributed by atoms with van der Waals surface area (Å²) in [5.41, 5.74) is 4.05. The quantitative estimate of drug-likeness (QED) is 0.266. The fourth-order valence-corrected chi connectivity index (χ4v) is 7.04. The molecule has 0 spiro atoms. The van der Waals surface area contributed by atoms with Crippen molar-refractivity contribution in [3.63, 3.8) is 0 Å². The average Bonchev–Trinajstić information content (AvgIpc) is 3.02. The molecule has 236 valence electrons. The van der Waals surface area contributed by atoms with Crippen LogP contribution in [0, 0.1) is 20.8 Å². The number of anilines is 1. The minimum atomic E-state index is -4.12. The molecule has 1 unspecified atom stereocenters. The van der Waals surface area contributed by atoms with E-state index in [0.29, 0.717) is 17.9 Å². The lowest BCUT2D eigenvalue weighted by molar-refractivity contribution is -0.140. The van der Waals surface area contributed by atoms with Crippen LogP contribution in [0.1, 0.15) is 67.7 Å². The number of methoxy groups -OCH3 is 1. The first-order valence-electron chi connectivity index (χ1n) is 15.4. The molecule has 1 fully saturated rings. The summed E-state index contributed by atoms with van der Waals surface area (Å²) in [5.74, 6) is 0.0135. The van der Waals surface area contributed by atoms with Gasteiger partial charge in [0.05, 0.1) is 17.7 Å². The lowest BCUT2D eigenvalue weighted by Gasteiger charge is -2.34. The number of nitrogens with one attached hydrogen (secondary N) is 1. The first-order valence-corrected chi connectivity index (χ1v) is 16.9. The van der Waals surface area contributed by atoms with Crippen LogP contribution in [0.5, 0.6) is 5.75 Å². The number of sulfonamides is 1. The highest BCUT2D eigenvalue weighted by atomic mass is 32.2. The Balaban J connectivity index is 1.72. The molecule has 3 aromatic carbocycles. The molecule has 9 heteroatoms. The van der Waals surface area contributed by atoms with Crippen molar-refractivity contribution in [2.45, 2.75) is 89.7 Å². The van der Waals surface area contributed by atoms with Gasteiger partial charge in [-0.15, -0.1) is 0 Å². The van der Waals surface area contributed by atoms with E-state index < -0.39 is 28.5 Å². The molecule has 0 heterocycles. The van der Waals surface area contributed by atoms with E-state index in [1.165, 1.54) is 9.21 Å². The Bertz CT molecular complexity index is 1530. The molecule has 1 aliphatic carbocycles. The second-order valence-corrected chi connectivity index (χ2v) is 13.6. The summed E-state index contributed by atoms with van der Waals surface area (Å²) in [4.78, 5) is 29.7. The highest BCUT2D eigenvalue weighted by molar-refractivity contribution is 7.92. The number of rotatable bonds is 12. The smallest absolute Gasteiger partial charge is 0.264 e. The minimum Gasteiger partial charge on any atom is -0.497 e. The molecule has 0 aromatic heterocycles. The highest BCUT2D eigenvalue weighted by Crippen LogP contribution is 2.27. The molecule has 0 aliphatic heterocycles. The van der Waals surface area contributed by atoms with Crippen LogP contribution in [0.25, 0.3) is 0 Å². The number of amides is 2. The van der Waals surface area contributed by atoms with E-state index in [1.807, 2.05) is 58.0 Å². The van der Waals surface area contributed by atoms with E-state index in [2.05, 4.69) is 5.32 Å². The van der Waals surface area contributed by atoms with E-state index in [-0.39, 0.29) is 23.4 Å². The SMILES string of the molecule is CCC(C(=O)NC1CCCCC1)N(Cc1ccc(OC)cc1)C(=O)CN(c1ccc(C)c(C)c1)S(=O)(=O)c1ccc(C)cc1. The van der Waals surface area contributed by atoms with Gasteiger partial charge in [-0.3, -0.25) is 13.9 Å². The van der Waals surface area contributed by atoms with Gasteiger partial charge in [-0.1, -0.05) is 62.1 Å². The summed E-state index contributed by atoms with van der Waals surface area (Å²) in [6.07, 6.45) is 5.52. The molecule has 0 saturated heterocycles. The number of carbonyl (C=O) groups is 2. The highest BCUT2D eigenvalue weighted by Gasteiger charge is 2.34. The van der Waals surface area contributed by atoms with Crippen LogP contribution in [-0.2, 0) is 26.2 Å². The topological polar surface area (TPSA) is 96.0 Å². The first kappa shape index (κ1) is 33.1. The summed E-state index contributed by atoms with van der Waals surface area (Å²) in [6, 6.07) is 18.6. The Kier molecular flexibility index (Phi) is 11.1. The molecule has 1 saturated carbocycles. The van der Waals surface area contributed by atoms with Crippen LogP contribution in [0.4, 0.5) is 5.69 Å². The third-order valence-corrected chi connectivity index (χ3v) is 10.3. The molecule has 0 radical (unpaired) electrons. The maximum atomic E-state index is 14.4. The zero-order chi connectivity index (χ0) is 31.9. The van der Waals surface area contributed by atoms with Gasteiger partial charge in [0.25, 0.3) is 10.0 Å². The number of nitrogens with zero attached hydrogens (tertiary/aromatic N) is 2. The molecule has 0 bridgehead atoms. The van der Waals surface area contributed by atoms with Gasteiger partial charge in [0.1, 0.15) is 18.3 Å². The molecule has 1 aliphatic rings. The van der Waals surface area contributed by atoms with Crippen molar-refractivity contribution in [2.24, 2.45) is 0 Å².